The molecule has 0 aromatic heterocycles. The number of carbonyl (C=O) groups excluding carboxylic acids is 3. The first kappa shape index (κ1) is 11.9. The quantitative estimate of drug-likeness (QED) is 0.424. The van der Waals surface area contributed by atoms with E-state index in [1.165, 1.54) is 6.92 Å². The molecule has 5 rings (SSSR count). The maximum Gasteiger partial charge on any atom is 0.318 e. The second-order valence-electron chi connectivity index (χ2n) is 5.96. The maximum atomic E-state index is 11.9. The number of allylic oxidation sites excluding steroid dienone is 3. The molecule has 1 saturated heterocycles. The van der Waals surface area contributed by atoms with Crippen LogP contribution in [0.1, 0.15) is 6.92 Å². The summed E-state index contributed by atoms with van der Waals surface area (Å²) in [6.07, 6.45) is 6.17. The third-order valence-electron chi connectivity index (χ3n) is 5.07. The molecule has 104 valence electrons. The summed E-state index contributed by atoms with van der Waals surface area (Å²) in [7, 11) is 0. The van der Waals surface area contributed by atoms with Crippen molar-refractivity contribution in [2.45, 2.75) is 6.92 Å². The summed E-state index contributed by atoms with van der Waals surface area (Å²) in [5.41, 5.74) is 1.06. The monoisotopic (exact) mass is 274 g/mol. The van der Waals surface area contributed by atoms with E-state index < -0.39 is 5.97 Å². The van der Waals surface area contributed by atoms with Gasteiger partial charge in [0.2, 0.25) is 0 Å². The lowest BCUT2D eigenvalue weighted by Crippen LogP contribution is -2.53. The molecule has 5 heteroatoms. The Bertz CT molecular complexity index is 587. The molecular formula is C15H14O5. The summed E-state index contributed by atoms with van der Waals surface area (Å²) in [5.74, 6) is -1.20. The first-order chi connectivity index (χ1) is 9.58. The zero-order valence-electron chi connectivity index (χ0n) is 10.9. The van der Waals surface area contributed by atoms with E-state index in [0.717, 1.165) is 5.57 Å². The Morgan fingerprint density at radius 2 is 1.75 bits per heavy atom. The van der Waals surface area contributed by atoms with Crippen molar-refractivity contribution in [1.29, 1.82) is 0 Å². The molecule has 0 amide bonds. The van der Waals surface area contributed by atoms with Gasteiger partial charge < -0.3 is 9.47 Å². The van der Waals surface area contributed by atoms with Crippen molar-refractivity contribution in [2.75, 3.05) is 6.61 Å². The molecule has 1 aliphatic heterocycles. The Hall–Kier alpha value is -1.91. The first-order valence-electron chi connectivity index (χ1n) is 6.86. The summed E-state index contributed by atoms with van der Waals surface area (Å²) in [6, 6.07) is 0. The molecule has 0 radical (unpaired) electrons. The molecule has 5 nitrogen and oxygen atoms in total. The Morgan fingerprint density at radius 1 is 1.10 bits per heavy atom. The highest BCUT2D eigenvalue weighted by atomic mass is 16.6. The molecule has 2 fully saturated rings. The Morgan fingerprint density at radius 3 is 2.45 bits per heavy atom. The highest BCUT2D eigenvalue weighted by molar-refractivity contribution is 5.98. The van der Waals surface area contributed by atoms with Crippen LogP contribution in [0.4, 0.5) is 0 Å². The van der Waals surface area contributed by atoms with Crippen LogP contribution in [0, 0.1) is 35.5 Å². The van der Waals surface area contributed by atoms with Crippen molar-refractivity contribution in [3.8, 4) is 0 Å². The van der Waals surface area contributed by atoms with E-state index in [4.69, 9.17) is 9.47 Å². The van der Waals surface area contributed by atoms with E-state index in [-0.39, 0.29) is 54.1 Å². The Labute approximate surface area is 115 Å². The molecule has 1 heterocycles. The molecule has 20 heavy (non-hydrogen) atoms. The van der Waals surface area contributed by atoms with E-state index in [2.05, 4.69) is 6.08 Å². The zero-order valence-corrected chi connectivity index (χ0v) is 10.9. The molecular weight excluding hydrogens is 260 g/mol. The van der Waals surface area contributed by atoms with Gasteiger partial charge in [0.25, 0.3) is 0 Å². The first-order valence-corrected chi connectivity index (χ1v) is 6.86. The highest BCUT2D eigenvalue weighted by Crippen LogP contribution is 2.60. The summed E-state index contributed by atoms with van der Waals surface area (Å²) in [4.78, 5) is 34.6. The summed E-state index contributed by atoms with van der Waals surface area (Å²) in [6.45, 7) is 1.67. The Kier molecular flexibility index (Phi) is 2.26. The SMILES string of the molecule is CC(=O)OCC1=C[C@@H]2[C@H]3C=C[C@@H]([C@H]12)[C@H]1C(=O)OC(=O)[C@H]31. The molecule has 2 bridgehead atoms. The molecule has 0 N–H and O–H groups in total. The molecule has 0 aromatic rings. The maximum absolute atomic E-state index is 11.9. The lowest BCUT2D eigenvalue weighted by atomic mass is 9.48. The molecule has 4 aliphatic carbocycles. The van der Waals surface area contributed by atoms with Crippen LogP contribution >= 0.6 is 0 Å². The highest BCUT2D eigenvalue weighted by Gasteiger charge is 2.63. The van der Waals surface area contributed by atoms with Crippen molar-refractivity contribution in [3.05, 3.63) is 23.8 Å². The van der Waals surface area contributed by atoms with Gasteiger partial charge in [0.15, 0.2) is 0 Å². The molecule has 5 aliphatic rings. The molecule has 6 atom stereocenters. The van der Waals surface area contributed by atoms with Gasteiger partial charge in [-0.2, -0.15) is 0 Å². The van der Waals surface area contributed by atoms with Crippen LogP contribution < -0.4 is 0 Å². The second kappa shape index (κ2) is 3.81. The van der Waals surface area contributed by atoms with Crippen molar-refractivity contribution >= 4 is 17.9 Å². The molecule has 0 aromatic carbocycles. The largest absolute Gasteiger partial charge is 0.461 e. The van der Waals surface area contributed by atoms with Gasteiger partial charge >= 0.3 is 17.9 Å². The summed E-state index contributed by atoms with van der Waals surface area (Å²) in [5, 5.41) is 0. The number of carbonyl (C=O) groups is 3. The van der Waals surface area contributed by atoms with Gasteiger partial charge in [-0.1, -0.05) is 18.2 Å². The molecule has 1 saturated carbocycles. The van der Waals surface area contributed by atoms with E-state index in [0.29, 0.717) is 0 Å². The fourth-order valence-corrected chi connectivity index (χ4v) is 4.30. The second-order valence-corrected chi connectivity index (χ2v) is 5.96. The number of hydrogen-bond acceptors (Lipinski definition) is 5. The van der Waals surface area contributed by atoms with Crippen LogP contribution in [0.3, 0.4) is 0 Å². The average Bonchev–Trinajstić information content (AvgIpc) is 2.66. The van der Waals surface area contributed by atoms with Crippen LogP contribution in [0.15, 0.2) is 23.8 Å². The summed E-state index contributed by atoms with van der Waals surface area (Å²) >= 11 is 0. The fourth-order valence-electron chi connectivity index (χ4n) is 4.30. The lowest BCUT2D eigenvalue weighted by molar-refractivity contribution is -0.154. The van der Waals surface area contributed by atoms with Gasteiger partial charge in [-0.05, 0) is 29.2 Å². The molecule has 0 unspecified atom stereocenters. The predicted molar refractivity (Wildman–Crippen MR) is 65.9 cm³/mol. The number of ether oxygens (including phenoxy) is 2. The fraction of sp³-hybridized carbons (Fsp3) is 0.533. The van der Waals surface area contributed by atoms with Gasteiger partial charge in [-0.15, -0.1) is 0 Å². The van der Waals surface area contributed by atoms with Crippen molar-refractivity contribution in [3.63, 3.8) is 0 Å². The zero-order chi connectivity index (χ0) is 14.0. The molecule has 0 spiro atoms. The van der Waals surface area contributed by atoms with Crippen LogP contribution in [-0.2, 0) is 23.9 Å². The van der Waals surface area contributed by atoms with Gasteiger partial charge in [0.1, 0.15) is 6.61 Å². The van der Waals surface area contributed by atoms with Crippen LogP contribution in [-0.4, -0.2) is 24.5 Å². The predicted octanol–water partition coefficient (Wildman–Crippen LogP) is 0.853. The minimum Gasteiger partial charge on any atom is -0.461 e. The van der Waals surface area contributed by atoms with Gasteiger partial charge in [-0.3, -0.25) is 14.4 Å². The van der Waals surface area contributed by atoms with Crippen molar-refractivity contribution in [2.24, 2.45) is 35.5 Å². The third-order valence-corrected chi connectivity index (χ3v) is 5.07. The van der Waals surface area contributed by atoms with Crippen LogP contribution in [0.5, 0.6) is 0 Å². The van der Waals surface area contributed by atoms with Gasteiger partial charge in [0, 0.05) is 6.92 Å². The van der Waals surface area contributed by atoms with Crippen LogP contribution in [0.25, 0.3) is 0 Å². The number of hydrogen-bond donors (Lipinski definition) is 0. The van der Waals surface area contributed by atoms with E-state index in [9.17, 15) is 14.4 Å². The standard InChI is InChI=1S/C15H14O5/c1-6(16)19-5-7-4-10-8-2-3-9(11(7)10)13-12(8)14(17)20-15(13)18/h2-4,8-13H,5H2,1H3/t8-,9+,10-,11+,12-,13-/m1/s1. The Balaban J connectivity index is 1.63. The third kappa shape index (κ3) is 1.35. The topological polar surface area (TPSA) is 69.7 Å². The van der Waals surface area contributed by atoms with Gasteiger partial charge in [-0.25, -0.2) is 0 Å². The average molecular weight is 274 g/mol. The minimum atomic E-state index is -0.392. The van der Waals surface area contributed by atoms with Gasteiger partial charge in [0.05, 0.1) is 11.8 Å². The number of rotatable bonds is 2. The van der Waals surface area contributed by atoms with E-state index in [1.54, 1.807) is 0 Å². The lowest BCUT2D eigenvalue weighted by Gasteiger charge is -2.53. The number of esters is 3. The van der Waals surface area contributed by atoms with Crippen molar-refractivity contribution in [1.82, 2.24) is 0 Å². The van der Waals surface area contributed by atoms with E-state index in [1.807, 2.05) is 12.2 Å². The van der Waals surface area contributed by atoms with Crippen LogP contribution in [0.2, 0.25) is 0 Å². The van der Waals surface area contributed by atoms with E-state index >= 15 is 0 Å². The van der Waals surface area contributed by atoms with Crippen molar-refractivity contribution < 1.29 is 23.9 Å². The summed E-state index contributed by atoms with van der Waals surface area (Å²) < 4.78 is 9.87. The minimum absolute atomic E-state index is 0.00417. The smallest absolute Gasteiger partial charge is 0.318 e. The normalized spacial score (nSPS) is 43.4. The number of cyclic esters (lactones) is 2.